The Labute approximate surface area is 139 Å². The second-order valence-corrected chi connectivity index (χ2v) is 6.88. The van der Waals surface area contributed by atoms with Crippen LogP contribution in [0, 0.1) is 0 Å². The van der Waals surface area contributed by atoms with Crippen LogP contribution in [0.4, 0.5) is 5.69 Å². The van der Waals surface area contributed by atoms with Crippen molar-refractivity contribution in [2.45, 2.75) is 26.2 Å². The van der Waals surface area contributed by atoms with Gasteiger partial charge in [-0.1, -0.05) is 44.0 Å². The second-order valence-electron chi connectivity index (χ2n) is 6.04. The highest BCUT2D eigenvalue weighted by Crippen LogP contribution is 2.39. The van der Waals surface area contributed by atoms with Gasteiger partial charge in [0.15, 0.2) is 5.75 Å². The summed E-state index contributed by atoms with van der Waals surface area (Å²) in [5.41, 5.74) is 1.64. The van der Waals surface area contributed by atoms with Crippen LogP contribution < -0.4 is 0 Å². The SMILES string of the molecule is CC(C)(C)c1cc(Cl)c(O)c(N=Cc2cc(Cl)ccc2O)c1. The number of rotatable bonds is 2. The number of halogens is 2. The largest absolute Gasteiger partial charge is 0.507 e. The third kappa shape index (κ3) is 3.73. The van der Waals surface area contributed by atoms with Gasteiger partial charge in [-0.15, -0.1) is 0 Å². The second kappa shape index (κ2) is 6.19. The van der Waals surface area contributed by atoms with Crippen molar-refractivity contribution in [2.24, 2.45) is 4.99 Å². The van der Waals surface area contributed by atoms with Crippen molar-refractivity contribution < 1.29 is 10.2 Å². The van der Waals surface area contributed by atoms with Gasteiger partial charge in [-0.25, -0.2) is 0 Å². The quantitative estimate of drug-likeness (QED) is 0.715. The van der Waals surface area contributed by atoms with E-state index >= 15 is 0 Å². The molecule has 0 fully saturated rings. The van der Waals surface area contributed by atoms with E-state index in [1.54, 1.807) is 24.3 Å². The molecule has 0 saturated carbocycles. The summed E-state index contributed by atoms with van der Waals surface area (Å²) in [7, 11) is 0. The minimum absolute atomic E-state index is 0.0608. The van der Waals surface area contributed by atoms with E-state index in [1.165, 1.54) is 12.3 Å². The normalized spacial score (nSPS) is 12.0. The van der Waals surface area contributed by atoms with E-state index in [9.17, 15) is 10.2 Å². The topological polar surface area (TPSA) is 52.8 Å². The van der Waals surface area contributed by atoms with Crippen LogP contribution in [0.2, 0.25) is 10.0 Å². The van der Waals surface area contributed by atoms with Crippen molar-refractivity contribution in [1.82, 2.24) is 0 Å². The van der Waals surface area contributed by atoms with E-state index in [1.807, 2.05) is 20.8 Å². The molecule has 0 saturated heterocycles. The molecular formula is C17H17Cl2NO2. The van der Waals surface area contributed by atoms with Gasteiger partial charge in [-0.3, -0.25) is 4.99 Å². The minimum atomic E-state index is -0.125. The van der Waals surface area contributed by atoms with Crippen LogP contribution in [0.5, 0.6) is 11.5 Å². The summed E-state index contributed by atoms with van der Waals surface area (Å²) in [6, 6.07) is 8.17. The Morgan fingerprint density at radius 2 is 1.73 bits per heavy atom. The van der Waals surface area contributed by atoms with Crippen molar-refractivity contribution >= 4 is 35.1 Å². The van der Waals surface area contributed by atoms with Crippen LogP contribution in [0.1, 0.15) is 31.9 Å². The van der Waals surface area contributed by atoms with E-state index in [-0.39, 0.29) is 21.9 Å². The van der Waals surface area contributed by atoms with Crippen LogP contribution in [0.3, 0.4) is 0 Å². The molecule has 116 valence electrons. The number of hydrogen-bond donors (Lipinski definition) is 2. The third-order valence-electron chi connectivity index (χ3n) is 3.24. The van der Waals surface area contributed by atoms with Gasteiger partial charge in [0.1, 0.15) is 11.4 Å². The van der Waals surface area contributed by atoms with Crippen LogP contribution in [-0.2, 0) is 5.41 Å². The highest BCUT2D eigenvalue weighted by molar-refractivity contribution is 6.32. The maximum Gasteiger partial charge on any atom is 0.159 e. The van der Waals surface area contributed by atoms with Gasteiger partial charge in [0.25, 0.3) is 0 Å². The number of aliphatic imine (C=N–C) groups is 1. The number of phenols is 2. The first-order valence-corrected chi connectivity index (χ1v) is 7.49. The van der Waals surface area contributed by atoms with Crippen molar-refractivity contribution in [2.75, 3.05) is 0 Å². The van der Waals surface area contributed by atoms with E-state index < -0.39 is 0 Å². The van der Waals surface area contributed by atoms with Gasteiger partial charge in [0.05, 0.1) is 5.02 Å². The Balaban J connectivity index is 2.46. The molecule has 0 aromatic heterocycles. The van der Waals surface area contributed by atoms with E-state index in [0.717, 1.165) is 5.56 Å². The molecule has 0 spiro atoms. The molecule has 0 aliphatic carbocycles. The van der Waals surface area contributed by atoms with Gasteiger partial charge >= 0.3 is 0 Å². The predicted octanol–water partition coefficient (Wildman–Crippen LogP) is 5.45. The molecule has 2 N–H and O–H groups in total. The lowest BCUT2D eigenvalue weighted by Crippen LogP contribution is -2.10. The first kappa shape index (κ1) is 16.7. The summed E-state index contributed by atoms with van der Waals surface area (Å²) >= 11 is 12.0. The number of aromatic hydroxyl groups is 2. The fraction of sp³-hybridized carbons (Fsp3) is 0.235. The summed E-state index contributed by atoms with van der Waals surface area (Å²) in [6.07, 6.45) is 1.44. The molecule has 0 amide bonds. The van der Waals surface area contributed by atoms with Crippen LogP contribution >= 0.6 is 23.2 Å². The van der Waals surface area contributed by atoms with E-state index in [4.69, 9.17) is 23.2 Å². The van der Waals surface area contributed by atoms with Crippen molar-refractivity contribution in [3.8, 4) is 11.5 Å². The fourth-order valence-electron chi connectivity index (χ4n) is 1.88. The Bertz CT molecular complexity index is 734. The molecule has 2 rings (SSSR count). The van der Waals surface area contributed by atoms with Gasteiger partial charge in [-0.2, -0.15) is 0 Å². The van der Waals surface area contributed by atoms with Crippen molar-refractivity contribution in [1.29, 1.82) is 0 Å². The maximum absolute atomic E-state index is 10.1. The molecule has 0 unspecified atom stereocenters. The molecule has 0 aliphatic rings. The smallest absolute Gasteiger partial charge is 0.159 e. The molecule has 2 aromatic carbocycles. The Hall–Kier alpha value is -1.71. The molecule has 5 heteroatoms. The molecule has 0 atom stereocenters. The average Bonchev–Trinajstić information content (AvgIpc) is 2.42. The summed E-state index contributed by atoms with van der Waals surface area (Å²) < 4.78 is 0. The van der Waals surface area contributed by atoms with Crippen LogP contribution in [-0.4, -0.2) is 16.4 Å². The van der Waals surface area contributed by atoms with Gasteiger partial charge in [0, 0.05) is 16.8 Å². The van der Waals surface area contributed by atoms with Crippen LogP contribution in [0.25, 0.3) is 0 Å². The molecule has 0 radical (unpaired) electrons. The molecule has 0 heterocycles. The first-order valence-electron chi connectivity index (χ1n) is 6.74. The zero-order chi connectivity index (χ0) is 16.5. The van der Waals surface area contributed by atoms with Gasteiger partial charge in [-0.05, 0) is 41.3 Å². The lowest BCUT2D eigenvalue weighted by Gasteiger charge is -2.20. The third-order valence-corrected chi connectivity index (χ3v) is 3.76. The standard InChI is InChI=1S/C17H17Cl2NO2/c1-17(2,3)11-7-13(19)16(22)14(8-11)20-9-10-6-12(18)4-5-15(10)21/h4-9,21-22H,1-3H3. The average molecular weight is 338 g/mol. The zero-order valence-corrected chi connectivity index (χ0v) is 14.1. The number of phenolic OH excluding ortho intramolecular Hbond substituents is 2. The van der Waals surface area contributed by atoms with Crippen molar-refractivity contribution in [3.63, 3.8) is 0 Å². The maximum atomic E-state index is 10.1. The minimum Gasteiger partial charge on any atom is -0.507 e. The molecule has 0 bridgehead atoms. The summed E-state index contributed by atoms with van der Waals surface area (Å²) in [5.74, 6) is -0.0295. The fourth-order valence-corrected chi connectivity index (χ4v) is 2.28. The highest BCUT2D eigenvalue weighted by Gasteiger charge is 2.17. The van der Waals surface area contributed by atoms with Gasteiger partial charge < -0.3 is 10.2 Å². The monoisotopic (exact) mass is 337 g/mol. The summed E-state index contributed by atoms with van der Waals surface area (Å²) in [6.45, 7) is 6.14. The summed E-state index contributed by atoms with van der Waals surface area (Å²) in [4.78, 5) is 4.23. The zero-order valence-electron chi connectivity index (χ0n) is 12.6. The lowest BCUT2D eigenvalue weighted by molar-refractivity contribution is 0.473. The summed E-state index contributed by atoms with van der Waals surface area (Å²) in [5, 5.41) is 20.6. The van der Waals surface area contributed by atoms with E-state index in [0.29, 0.717) is 16.3 Å². The Kier molecular flexibility index (Phi) is 4.69. The predicted molar refractivity (Wildman–Crippen MR) is 92.2 cm³/mol. The number of hydrogen-bond acceptors (Lipinski definition) is 3. The molecule has 3 nitrogen and oxygen atoms in total. The molecule has 2 aromatic rings. The Morgan fingerprint density at radius 3 is 2.36 bits per heavy atom. The first-order chi connectivity index (χ1) is 10.2. The number of nitrogens with zero attached hydrogens (tertiary/aromatic N) is 1. The molecule has 22 heavy (non-hydrogen) atoms. The van der Waals surface area contributed by atoms with Crippen LogP contribution in [0.15, 0.2) is 35.3 Å². The van der Waals surface area contributed by atoms with Crippen molar-refractivity contribution in [3.05, 3.63) is 51.5 Å². The lowest BCUT2D eigenvalue weighted by atomic mass is 9.87. The Morgan fingerprint density at radius 1 is 1.05 bits per heavy atom. The highest BCUT2D eigenvalue weighted by atomic mass is 35.5. The van der Waals surface area contributed by atoms with Gasteiger partial charge in [0.2, 0.25) is 0 Å². The van der Waals surface area contributed by atoms with E-state index in [2.05, 4.69) is 4.99 Å². The molecular weight excluding hydrogens is 321 g/mol. The molecule has 0 aliphatic heterocycles. The number of benzene rings is 2.